The van der Waals surface area contributed by atoms with Crippen molar-refractivity contribution < 1.29 is 19.7 Å². The normalized spacial score (nSPS) is 26.7. The Labute approximate surface area is 209 Å². The van der Waals surface area contributed by atoms with Crippen LogP contribution in [0.3, 0.4) is 0 Å². The van der Waals surface area contributed by atoms with E-state index in [1.165, 1.54) is 35.1 Å². The van der Waals surface area contributed by atoms with E-state index in [2.05, 4.69) is 53.1 Å². The van der Waals surface area contributed by atoms with Gasteiger partial charge in [0.2, 0.25) is 0 Å². The number of ether oxygens (including phenoxy) is 2. The molecule has 1 aliphatic carbocycles. The molecule has 0 amide bonds. The van der Waals surface area contributed by atoms with Crippen molar-refractivity contribution in [2.75, 3.05) is 26.6 Å². The summed E-state index contributed by atoms with van der Waals surface area (Å²) >= 11 is 0. The summed E-state index contributed by atoms with van der Waals surface area (Å²) in [6, 6.07) is 13.6. The largest absolute Gasteiger partial charge is 0.478 e. The van der Waals surface area contributed by atoms with E-state index >= 15 is 0 Å². The number of aliphatic hydroxyl groups is 2. The molecule has 0 aromatic heterocycles. The Morgan fingerprint density at radius 1 is 0.886 bits per heavy atom. The second-order valence-electron chi connectivity index (χ2n) is 11.2. The van der Waals surface area contributed by atoms with Crippen molar-refractivity contribution in [1.29, 1.82) is 0 Å². The molecule has 6 heteroatoms. The molecule has 1 fully saturated rings. The lowest BCUT2D eigenvalue weighted by Crippen LogP contribution is -2.38. The fraction of sp³-hybridized carbons (Fsp3) is 0.586. The van der Waals surface area contributed by atoms with Gasteiger partial charge >= 0.3 is 0 Å². The van der Waals surface area contributed by atoms with E-state index < -0.39 is 0 Å². The first-order chi connectivity index (χ1) is 16.8. The number of benzene rings is 2. The van der Waals surface area contributed by atoms with Gasteiger partial charge in [-0.3, -0.25) is 9.80 Å². The van der Waals surface area contributed by atoms with Crippen molar-refractivity contribution >= 4 is 0 Å². The Morgan fingerprint density at radius 3 is 1.86 bits per heavy atom. The van der Waals surface area contributed by atoms with E-state index in [1.54, 1.807) is 0 Å². The van der Waals surface area contributed by atoms with Crippen LogP contribution in [0.15, 0.2) is 36.4 Å². The highest BCUT2D eigenvalue weighted by atomic mass is 16.5. The molecule has 5 rings (SSSR count). The maximum absolute atomic E-state index is 9.87. The maximum atomic E-state index is 9.87. The summed E-state index contributed by atoms with van der Waals surface area (Å²) in [4.78, 5) is 4.33. The first kappa shape index (κ1) is 24.6. The molecule has 35 heavy (non-hydrogen) atoms. The van der Waals surface area contributed by atoms with Crippen molar-refractivity contribution in [1.82, 2.24) is 9.80 Å². The second-order valence-corrected chi connectivity index (χ2v) is 11.2. The Morgan fingerprint density at radius 2 is 1.40 bits per heavy atom. The third-order valence-corrected chi connectivity index (χ3v) is 7.86. The van der Waals surface area contributed by atoms with Crippen LogP contribution in [0, 0.1) is 5.92 Å². The van der Waals surface area contributed by atoms with E-state index in [9.17, 15) is 10.2 Å². The smallest absolute Gasteiger partial charge is 0.142 e. The molecule has 1 saturated carbocycles. The Bertz CT molecular complexity index is 966. The molecule has 2 N–H and O–H groups in total. The van der Waals surface area contributed by atoms with Gasteiger partial charge in [0.25, 0.3) is 0 Å². The molecule has 0 spiro atoms. The first-order valence-corrected chi connectivity index (χ1v) is 13.2. The van der Waals surface area contributed by atoms with Gasteiger partial charge in [0, 0.05) is 42.7 Å². The van der Waals surface area contributed by atoms with Crippen molar-refractivity contribution in [3.05, 3.63) is 58.7 Å². The van der Waals surface area contributed by atoms with Gasteiger partial charge in [-0.15, -0.1) is 0 Å². The van der Waals surface area contributed by atoms with Crippen molar-refractivity contribution in [2.45, 2.75) is 77.2 Å². The minimum atomic E-state index is -0.375. The highest BCUT2D eigenvalue weighted by molar-refractivity contribution is 5.49. The van der Waals surface area contributed by atoms with Gasteiger partial charge in [-0.2, -0.15) is 0 Å². The number of hydrogen-bond acceptors (Lipinski definition) is 6. The Hall–Kier alpha value is -2.12. The average Bonchev–Trinajstić information content (AvgIpc) is 2.82. The molecule has 2 aromatic carbocycles. The summed E-state index contributed by atoms with van der Waals surface area (Å²) < 4.78 is 12.1. The van der Waals surface area contributed by atoms with Gasteiger partial charge in [0.1, 0.15) is 25.0 Å². The van der Waals surface area contributed by atoms with E-state index in [-0.39, 0.29) is 17.6 Å². The maximum Gasteiger partial charge on any atom is 0.142 e. The number of hydrogen-bond donors (Lipinski definition) is 2. The predicted octanol–water partition coefficient (Wildman–Crippen LogP) is 4.25. The highest BCUT2D eigenvalue weighted by Gasteiger charge is 2.39. The number of aliphatic hydroxyl groups excluding tert-OH is 2. The standard InChI is InChI=1S/C29H40N2O4/c1-20-5-4-10-29(13-20,25-6-8-27-23(11-25)16-30(18-34-27)14-21(2)32)26-7-9-28-24(12-26)17-31(19-35-28)15-22(3)33/h6-9,11-12,20-22,32-33H,4-5,10,13-19H2,1-3H3. The number of fused-ring (bicyclic) bond motifs is 2. The molecular formula is C29H40N2O4. The van der Waals surface area contributed by atoms with Crippen LogP contribution in [0.25, 0.3) is 0 Å². The molecule has 3 aliphatic rings. The van der Waals surface area contributed by atoms with Crippen LogP contribution < -0.4 is 9.47 Å². The van der Waals surface area contributed by atoms with Gasteiger partial charge in [0.05, 0.1) is 12.2 Å². The minimum Gasteiger partial charge on any atom is -0.478 e. The van der Waals surface area contributed by atoms with Crippen LogP contribution >= 0.6 is 0 Å². The quantitative estimate of drug-likeness (QED) is 0.645. The van der Waals surface area contributed by atoms with Crippen molar-refractivity contribution in [3.8, 4) is 11.5 Å². The van der Waals surface area contributed by atoms with Crippen LogP contribution in [0.1, 0.15) is 68.7 Å². The molecule has 2 aliphatic heterocycles. The zero-order valence-electron chi connectivity index (χ0n) is 21.4. The minimum absolute atomic E-state index is 0.0409. The Balaban J connectivity index is 1.50. The van der Waals surface area contributed by atoms with Crippen LogP contribution in [0.5, 0.6) is 11.5 Å². The fourth-order valence-corrected chi connectivity index (χ4v) is 6.40. The van der Waals surface area contributed by atoms with Crippen LogP contribution in [0.4, 0.5) is 0 Å². The summed E-state index contributed by atoms with van der Waals surface area (Å²) in [5, 5.41) is 19.7. The number of β-amino-alcohol motifs (C(OH)–C–C–N with tert-alkyl or cyclic N) is 2. The molecular weight excluding hydrogens is 440 g/mol. The molecule has 3 unspecified atom stereocenters. The summed E-state index contributed by atoms with van der Waals surface area (Å²) in [7, 11) is 0. The van der Waals surface area contributed by atoms with Gasteiger partial charge in [-0.25, -0.2) is 0 Å². The van der Waals surface area contributed by atoms with Gasteiger partial charge in [0.15, 0.2) is 0 Å². The molecule has 3 atom stereocenters. The summed E-state index contributed by atoms with van der Waals surface area (Å²) in [5.74, 6) is 2.58. The van der Waals surface area contributed by atoms with Crippen LogP contribution in [-0.4, -0.2) is 58.8 Å². The average molecular weight is 481 g/mol. The molecule has 0 saturated heterocycles. The lowest BCUT2D eigenvalue weighted by molar-refractivity contribution is 0.0499. The second kappa shape index (κ2) is 10.1. The molecule has 0 radical (unpaired) electrons. The van der Waals surface area contributed by atoms with Gasteiger partial charge in [-0.05, 0) is 68.0 Å². The lowest BCUT2D eigenvalue weighted by atomic mass is 9.62. The van der Waals surface area contributed by atoms with Crippen molar-refractivity contribution in [2.24, 2.45) is 5.92 Å². The van der Waals surface area contributed by atoms with E-state index in [0.29, 0.717) is 32.5 Å². The number of rotatable bonds is 6. The van der Waals surface area contributed by atoms with Crippen LogP contribution in [-0.2, 0) is 18.5 Å². The van der Waals surface area contributed by atoms with Gasteiger partial charge < -0.3 is 19.7 Å². The Kier molecular flexibility index (Phi) is 7.09. The zero-order chi connectivity index (χ0) is 24.6. The molecule has 2 heterocycles. The molecule has 0 bridgehead atoms. The lowest BCUT2D eigenvalue weighted by Gasteiger charge is -2.42. The van der Waals surface area contributed by atoms with Crippen molar-refractivity contribution in [3.63, 3.8) is 0 Å². The topological polar surface area (TPSA) is 65.4 Å². The summed E-state index contributed by atoms with van der Waals surface area (Å²) in [6.45, 7) is 9.89. The first-order valence-electron chi connectivity index (χ1n) is 13.2. The summed E-state index contributed by atoms with van der Waals surface area (Å²) in [5.41, 5.74) is 5.10. The highest BCUT2D eigenvalue weighted by Crippen LogP contribution is 2.49. The van der Waals surface area contributed by atoms with E-state index in [0.717, 1.165) is 37.4 Å². The molecule has 190 valence electrons. The monoisotopic (exact) mass is 480 g/mol. The molecule has 2 aromatic rings. The van der Waals surface area contributed by atoms with Gasteiger partial charge in [-0.1, -0.05) is 31.9 Å². The molecule has 6 nitrogen and oxygen atoms in total. The SMILES string of the molecule is CC(O)CN1COc2ccc(C3(c4ccc5c(c4)CN(CC(C)O)CO5)CCCC(C)C3)cc2C1. The van der Waals surface area contributed by atoms with E-state index in [1.807, 2.05) is 13.8 Å². The number of nitrogens with zero attached hydrogens (tertiary/aromatic N) is 2. The third-order valence-electron chi connectivity index (χ3n) is 7.86. The van der Waals surface area contributed by atoms with E-state index in [4.69, 9.17) is 9.47 Å². The fourth-order valence-electron chi connectivity index (χ4n) is 6.40. The summed E-state index contributed by atoms with van der Waals surface area (Å²) in [6.07, 6.45) is 3.99. The van der Waals surface area contributed by atoms with Crippen LogP contribution in [0.2, 0.25) is 0 Å². The third kappa shape index (κ3) is 5.21. The zero-order valence-corrected chi connectivity index (χ0v) is 21.4. The predicted molar refractivity (Wildman–Crippen MR) is 136 cm³/mol.